The Morgan fingerprint density at radius 3 is 0.846 bits per heavy atom. The molecule has 0 aliphatic rings. The van der Waals surface area contributed by atoms with E-state index in [2.05, 4.69) is 26.5 Å². The molecule has 0 rings (SSSR count). The minimum absolute atomic E-state index is 1.38. The molecule has 0 N–H and O–H groups in total. The number of rotatable bonds is 21. The average Bonchev–Trinajstić information content (AvgIpc) is 2.64. The standard InChI is InChI=1S/C25H55As/c1-5-8-11-14-17-20-23-26(4,24-21-18-15-12-9-6-2)25-22-19-16-13-10-7-3/h26H,5-25H2,1-4H3. The maximum absolute atomic E-state index is 2.81. The van der Waals surface area contributed by atoms with Crippen LogP contribution < -0.4 is 0 Å². The van der Waals surface area contributed by atoms with E-state index in [1.54, 1.807) is 34.9 Å². The van der Waals surface area contributed by atoms with Crippen LogP contribution in [0.25, 0.3) is 0 Å². The Hall–Kier alpha value is 0.558. The average molecular weight is 431 g/mol. The summed E-state index contributed by atoms with van der Waals surface area (Å²) in [6, 6.07) is 0. The van der Waals surface area contributed by atoms with Gasteiger partial charge in [0.25, 0.3) is 0 Å². The van der Waals surface area contributed by atoms with Crippen LogP contribution in [0.2, 0.25) is 21.3 Å². The maximum atomic E-state index is 2.81. The Morgan fingerprint density at radius 2 is 0.577 bits per heavy atom. The summed E-state index contributed by atoms with van der Waals surface area (Å²) < 4.78 is 0. The molecule has 160 valence electrons. The number of unbranched alkanes of at least 4 members (excludes halogenated alkanes) is 15. The van der Waals surface area contributed by atoms with E-state index in [1.165, 1.54) is 96.3 Å². The molecule has 0 heterocycles. The Labute approximate surface area is 171 Å². The first-order chi connectivity index (χ1) is 12.7. The fourth-order valence-electron chi connectivity index (χ4n) is 4.37. The minimum atomic E-state index is -1.51. The van der Waals surface area contributed by atoms with Crippen molar-refractivity contribution in [2.75, 3.05) is 0 Å². The zero-order valence-corrected chi connectivity index (χ0v) is 21.4. The summed E-state index contributed by atoms with van der Waals surface area (Å²) in [6.45, 7) is 6.98. The summed E-state index contributed by atoms with van der Waals surface area (Å²) in [4.78, 5) is 0. The number of hydrogen-bond acceptors (Lipinski definition) is 0. The quantitative estimate of drug-likeness (QED) is 0.125. The molecule has 0 saturated carbocycles. The zero-order chi connectivity index (χ0) is 19.3. The van der Waals surface area contributed by atoms with Crippen molar-refractivity contribution in [3.63, 3.8) is 0 Å². The van der Waals surface area contributed by atoms with Gasteiger partial charge >= 0.3 is 171 Å². The van der Waals surface area contributed by atoms with Crippen molar-refractivity contribution in [3.8, 4) is 0 Å². The molecular weight excluding hydrogens is 375 g/mol. The zero-order valence-electron chi connectivity index (χ0n) is 19.3. The predicted octanol–water partition coefficient (Wildman–Crippen LogP) is 9.88. The molecule has 0 spiro atoms. The van der Waals surface area contributed by atoms with E-state index in [9.17, 15) is 0 Å². The van der Waals surface area contributed by atoms with Gasteiger partial charge in [0.1, 0.15) is 0 Å². The molecule has 0 nitrogen and oxygen atoms in total. The summed E-state index contributed by atoms with van der Waals surface area (Å²) in [5, 5.41) is 5.03. The first-order valence-corrected chi connectivity index (χ1v) is 19.2. The summed E-state index contributed by atoms with van der Waals surface area (Å²) in [5.74, 6) is 0. The van der Waals surface area contributed by atoms with Crippen LogP contribution in [0.5, 0.6) is 0 Å². The summed E-state index contributed by atoms with van der Waals surface area (Å²) >= 11 is -1.51. The molecular formula is C25H55As. The normalized spacial score (nSPS) is 12.6. The molecule has 1 heteroatoms. The Kier molecular flexibility index (Phi) is 20.7. The van der Waals surface area contributed by atoms with Gasteiger partial charge in [0, 0.05) is 0 Å². The molecule has 0 aliphatic heterocycles. The number of hydrogen-bond donors (Lipinski definition) is 0. The Morgan fingerprint density at radius 1 is 0.346 bits per heavy atom. The van der Waals surface area contributed by atoms with Gasteiger partial charge < -0.3 is 0 Å². The molecule has 0 aromatic rings. The van der Waals surface area contributed by atoms with Gasteiger partial charge in [-0.05, 0) is 0 Å². The van der Waals surface area contributed by atoms with Gasteiger partial charge in [-0.15, -0.1) is 0 Å². The predicted molar refractivity (Wildman–Crippen MR) is 128 cm³/mol. The molecule has 0 aliphatic carbocycles. The third-order valence-electron chi connectivity index (χ3n) is 6.40. The van der Waals surface area contributed by atoms with Crippen LogP contribution in [0.15, 0.2) is 0 Å². The first kappa shape index (κ1) is 26.6. The van der Waals surface area contributed by atoms with Crippen molar-refractivity contribution < 1.29 is 0 Å². The van der Waals surface area contributed by atoms with E-state index < -0.39 is 13.6 Å². The second kappa shape index (κ2) is 20.3. The molecule has 0 fully saturated rings. The molecule has 0 radical (unpaired) electrons. The van der Waals surface area contributed by atoms with E-state index >= 15 is 0 Å². The van der Waals surface area contributed by atoms with Crippen LogP contribution in [0, 0.1) is 0 Å². The molecule has 0 bridgehead atoms. The fourth-order valence-corrected chi connectivity index (χ4v) is 12.9. The van der Waals surface area contributed by atoms with Crippen LogP contribution in [-0.2, 0) is 0 Å². The van der Waals surface area contributed by atoms with E-state index in [1.807, 2.05) is 0 Å². The summed E-state index contributed by atoms with van der Waals surface area (Å²) in [6.07, 6.45) is 26.7. The van der Waals surface area contributed by atoms with Crippen molar-refractivity contribution in [2.45, 2.75) is 158 Å². The fraction of sp³-hybridized carbons (Fsp3) is 1.00. The van der Waals surface area contributed by atoms with Gasteiger partial charge in [0.15, 0.2) is 0 Å². The second-order valence-electron chi connectivity index (χ2n) is 9.36. The van der Waals surface area contributed by atoms with Gasteiger partial charge in [0.2, 0.25) is 0 Å². The van der Waals surface area contributed by atoms with E-state index in [0.717, 1.165) is 0 Å². The SMILES string of the molecule is CCCCCCCC[AsH](C)(CCCCCCCC)CCCCCCCC. The second-order valence-corrected chi connectivity index (χ2v) is 20.1. The van der Waals surface area contributed by atoms with Crippen molar-refractivity contribution >= 4 is 13.6 Å². The molecule has 0 aromatic carbocycles. The molecule has 0 amide bonds. The summed E-state index contributed by atoms with van der Waals surface area (Å²) in [5.41, 5.74) is 2.81. The monoisotopic (exact) mass is 430 g/mol. The first-order valence-electron chi connectivity index (χ1n) is 12.7. The van der Waals surface area contributed by atoms with Crippen LogP contribution >= 0.6 is 0 Å². The van der Waals surface area contributed by atoms with Crippen LogP contribution in [0.4, 0.5) is 0 Å². The van der Waals surface area contributed by atoms with E-state index in [0.29, 0.717) is 0 Å². The van der Waals surface area contributed by atoms with E-state index in [4.69, 9.17) is 0 Å². The topological polar surface area (TPSA) is 0 Å². The molecule has 0 unspecified atom stereocenters. The van der Waals surface area contributed by atoms with Gasteiger partial charge in [-0.2, -0.15) is 0 Å². The Bertz CT molecular complexity index is 220. The summed E-state index contributed by atoms with van der Waals surface area (Å²) in [7, 11) is 0. The van der Waals surface area contributed by atoms with Gasteiger partial charge in [-0.1, -0.05) is 0 Å². The Balaban J connectivity index is 4.02. The molecule has 26 heavy (non-hydrogen) atoms. The van der Waals surface area contributed by atoms with Crippen molar-refractivity contribution in [1.82, 2.24) is 0 Å². The van der Waals surface area contributed by atoms with Crippen LogP contribution in [0.1, 0.15) is 136 Å². The van der Waals surface area contributed by atoms with E-state index in [-0.39, 0.29) is 0 Å². The van der Waals surface area contributed by atoms with Crippen LogP contribution in [0.3, 0.4) is 0 Å². The molecule has 0 aromatic heterocycles. The van der Waals surface area contributed by atoms with Gasteiger partial charge in [0.05, 0.1) is 0 Å². The van der Waals surface area contributed by atoms with Crippen LogP contribution in [-0.4, -0.2) is 13.6 Å². The third kappa shape index (κ3) is 17.9. The molecule has 0 atom stereocenters. The van der Waals surface area contributed by atoms with Crippen molar-refractivity contribution in [1.29, 1.82) is 0 Å². The van der Waals surface area contributed by atoms with Gasteiger partial charge in [-0.3, -0.25) is 0 Å². The van der Waals surface area contributed by atoms with Crippen molar-refractivity contribution in [3.05, 3.63) is 0 Å². The van der Waals surface area contributed by atoms with Gasteiger partial charge in [-0.25, -0.2) is 0 Å². The third-order valence-corrected chi connectivity index (χ3v) is 16.2. The van der Waals surface area contributed by atoms with Crippen molar-refractivity contribution in [2.24, 2.45) is 0 Å². The molecule has 0 saturated heterocycles.